The quantitative estimate of drug-likeness (QED) is 0.864. The second-order valence-corrected chi connectivity index (χ2v) is 6.43. The number of hydrogen-bond donors (Lipinski definition) is 1. The number of amides is 2. The predicted octanol–water partition coefficient (Wildman–Crippen LogP) is 2.09. The van der Waals surface area contributed by atoms with E-state index in [9.17, 15) is 22.8 Å². The van der Waals surface area contributed by atoms with E-state index in [2.05, 4.69) is 5.32 Å². The fourth-order valence-corrected chi connectivity index (χ4v) is 3.02. The van der Waals surface area contributed by atoms with Crippen molar-refractivity contribution < 1.29 is 22.8 Å². The van der Waals surface area contributed by atoms with Crippen LogP contribution in [0.15, 0.2) is 0 Å². The van der Waals surface area contributed by atoms with Gasteiger partial charge in [0.05, 0.1) is 6.42 Å². The van der Waals surface area contributed by atoms with Crippen molar-refractivity contribution in [2.45, 2.75) is 64.3 Å². The van der Waals surface area contributed by atoms with Crippen molar-refractivity contribution in [2.24, 2.45) is 11.8 Å². The van der Waals surface area contributed by atoms with Gasteiger partial charge >= 0.3 is 6.18 Å². The zero-order valence-corrected chi connectivity index (χ0v) is 12.4. The van der Waals surface area contributed by atoms with E-state index >= 15 is 0 Å². The lowest BCUT2D eigenvalue weighted by Crippen LogP contribution is -2.67. The third-order valence-corrected chi connectivity index (χ3v) is 4.11. The van der Waals surface area contributed by atoms with Crippen LogP contribution < -0.4 is 5.32 Å². The average molecular weight is 306 g/mol. The first kappa shape index (κ1) is 16.1. The Morgan fingerprint density at radius 1 is 1.24 bits per heavy atom. The SMILES string of the molecule is CC(C)C1C(=O)NC(C2CC2)C(=O)N1C(C)CC(F)(F)F. The number of nitrogens with one attached hydrogen (secondary N) is 1. The van der Waals surface area contributed by atoms with Gasteiger partial charge in [0.25, 0.3) is 0 Å². The Balaban J connectivity index is 2.25. The van der Waals surface area contributed by atoms with E-state index in [1.165, 1.54) is 11.8 Å². The monoisotopic (exact) mass is 306 g/mol. The highest BCUT2D eigenvalue weighted by molar-refractivity contribution is 5.97. The number of piperazine rings is 1. The summed E-state index contributed by atoms with van der Waals surface area (Å²) in [5, 5.41) is 2.70. The second-order valence-electron chi connectivity index (χ2n) is 6.43. The Hall–Kier alpha value is -1.27. The van der Waals surface area contributed by atoms with E-state index in [0.29, 0.717) is 0 Å². The Kier molecular flexibility index (Phi) is 4.22. The van der Waals surface area contributed by atoms with Crippen LogP contribution >= 0.6 is 0 Å². The van der Waals surface area contributed by atoms with Crippen molar-refractivity contribution in [2.75, 3.05) is 0 Å². The predicted molar refractivity (Wildman–Crippen MR) is 70.3 cm³/mol. The summed E-state index contributed by atoms with van der Waals surface area (Å²) >= 11 is 0. The van der Waals surface area contributed by atoms with E-state index in [-0.39, 0.29) is 23.7 Å². The van der Waals surface area contributed by atoms with Gasteiger partial charge in [-0.1, -0.05) is 13.8 Å². The molecular weight excluding hydrogens is 285 g/mol. The van der Waals surface area contributed by atoms with Crippen molar-refractivity contribution in [1.29, 1.82) is 0 Å². The zero-order valence-electron chi connectivity index (χ0n) is 12.4. The first-order valence-corrected chi connectivity index (χ1v) is 7.31. The number of nitrogens with zero attached hydrogens (tertiary/aromatic N) is 1. The summed E-state index contributed by atoms with van der Waals surface area (Å²) in [6, 6.07) is -2.51. The topological polar surface area (TPSA) is 49.4 Å². The lowest BCUT2D eigenvalue weighted by Gasteiger charge is -2.44. The van der Waals surface area contributed by atoms with Crippen molar-refractivity contribution in [3.63, 3.8) is 0 Å². The van der Waals surface area contributed by atoms with Crippen LogP contribution in [-0.4, -0.2) is 41.0 Å². The molecule has 1 aliphatic heterocycles. The first-order valence-electron chi connectivity index (χ1n) is 7.31. The number of rotatable bonds is 4. The number of carbonyl (C=O) groups is 2. The van der Waals surface area contributed by atoms with Crippen molar-refractivity contribution >= 4 is 11.8 Å². The van der Waals surface area contributed by atoms with Gasteiger partial charge in [0, 0.05) is 6.04 Å². The van der Waals surface area contributed by atoms with E-state index in [1.54, 1.807) is 13.8 Å². The van der Waals surface area contributed by atoms with Gasteiger partial charge in [-0.15, -0.1) is 0 Å². The molecule has 3 atom stereocenters. The number of hydrogen-bond acceptors (Lipinski definition) is 2. The van der Waals surface area contributed by atoms with Crippen LogP contribution in [0.2, 0.25) is 0 Å². The molecule has 0 aromatic heterocycles. The Labute approximate surface area is 122 Å². The van der Waals surface area contributed by atoms with Gasteiger partial charge in [-0.25, -0.2) is 0 Å². The summed E-state index contributed by atoms with van der Waals surface area (Å²) in [4.78, 5) is 25.9. The summed E-state index contributed by atoms with van der Waals surface area (Å²) in [6.07, 6.45) is -3.77. The molecule has 2 aliphatic rings. The lowest BCUT2D eigenvalue weighted by atomic mass is 9.93. The molecule has 4 nitrogen and oxygen atoms in total. The normalized spacial score (nSPS) is 28.8. The lowest BCUT2D eigenvalue weighted by molar-refractivity contribution is -0.167. The van der Waals surface area contributed by atoms with Crippen molar-refractivity contribution in [3.8, 4) is 0 Å². The fraction of sp³-hybridized carbons (Fsp3) is 0.857. The maximum absolute atomic E-state index is 12.6. The maximum Gasteiger partial charge on any atom is 0.391 e. The molecular formula is C14H21F3N2O2. The molecule has 1 aliphatic carbocycles. The van der Waals surface area contributed by atoms with Gasteiger partial charge in [0.15, 0.2) is 0 Å². The van der Waals surface area contributed by atoms with Crippen molar-refractivity contribution in [1.82, 2.24) is 10.2 Å². The molecule has 2 amide bonds. The molecule has 0 radical (unpaired) electrons. The van der Waals surface area contributed by atoms with Gasteiger partial charge in [-0.2, -0.15) is 13.2 Å². The van der Waals surface area contributed by atoms with E-state index in [1.807, 2.05) is 0 Å². The number of halogens is 3. The summed E-state index contributed by atoms with van der Waals surface area (Å²) < 4.78 is 37.9. The van der Waals surface area contributed by atoms with Crippen LogP contribution in [0.1, 0.15) is 40.0 Å². The van der Waals surface area contributed by atoms with E-state index in [0.717, 1.165) is 12.8 Å². The standard InChI is InChI=1S/C14H21F3N2O2/c1-7(2)11-12(20)18-10(9-4-5-9)13(21)19(11)8(3)6-14(15,16)17/h7-11H,4-6H2,1-3H3,(H,18,20). The summed E-state index contributed by atoms with van der Waals surface area (Å²) in [5.74, 6) is -0.858. The van der Waals surface area contributed by atoms with Gasteiger partial charge in [0.1, 0.15) is 12.1 Å². The molecule has 0 aromatic rings. The molecule has 0 spiro atoms. The van der Waals surface area contributed by atoms with E-state index in [4.69, 9.17) is 0 Å². The molecule has 0 aromatic carbocycles. The highest BCUT2D eigenvalue weighted by Crippen LogP contribution is 2.37. The highest BCUT2D eigenvalue weighted by Gasteiger charge is 2.50. The minimum absolute atomic E-state index is 0.0788. The molecule has 3 unspecified atom stereocenters. The zero-order chi connectivity index (χ0) is 15.9. The van der Waals surface area contributed by atoms with Gasteiger partial charge in [-0.3, -0.25) is 9.59 Å². The average Bonchev–Trinajstić information content (AvgIpc) is 3.12. The van der Waals surface area contributed by atoms with Crippen LogP contribution in [-0.2, 0) is 9.59 Å². The molecule has 7 heteroatoms. The fourth-order valence-electron chi connectivity index (χ4n) is 3.02. The Bertz CT molecular complexity index is 432. The third kappa shape index (κ3) is 3.49. The van der Waals surface area contributed by atoms with Crippen LogP contribution in [0, 0.1) is 11.8 Å². The number of carbonyl (C=O) groups excluding carboxylic acids is 2. The van der Waals surface area contributed by atoms with Crippen LogP contribution in [0.4, 0.5) is 13.2 Å². The molecule has 1 saturated carbocycles. The van der Waals surface area contributed by atoms with Gasteiger partial charge < -0.3 is 10.2 Å². The Morgan fingerprint density at radius 3 is 2.24 bits per heavy atom. The molecule has 1 N–H and O–H groups in total. The molecule has 0 bridgehead atoms. The molecule has 2 rings (SSSR count). The minimum atomic E-state index is -4.36. The van der Waals surface area contributed by atoms with E-state index < -0.39 is 30.7 Å². The molecule has 120 valence electrons. The van der Waals surface area contributed by atoms with Crippen LogP contribution in [0.25, 0.3) is 0 Å². The largest absolute Gasteiger partial charge is 0.391 e. The minimum Gasteiger partial charge on any atom is -0.342 e. The second kappa shape index (κ2) is 5.50. The molecule has 1 heterocycles. The maximum atomic E-state index is 12.6. The highest BCUT2D eigenvalue weighted by atomic mass is 19.4. The van der Waals surface area contributed by atoms with Crippen LogP contribution in [0.5, 0.6) is 0 Å². The molecule has 21 heavy (non-hydrogen) atoms. The summed E-state index contributed by atoms with van der Waals surface area (Å²) in [6.45, 7) is 4.84. The molecule has 1 saturated heterocycles. The Morgan fingerprint density at radius 2 is 1.81 bits per heavy atom. The summed E-state index contributed by atoms with van der Waals surface area (Å²) in [7, 11) is 0. The van der Waals surface area contributed by atoms with Crippen molar-refractivity contribution in [3.05, 3.63) is 0 Å². The molecule has 2 fully saturated rings. The van der Waals surface area contributed by atoms with Gasteiger partial charge in [0.2, 0.25) is 11.8 Å². The smallest absolute Gasteiger partial charge is 0.342 e. The van der Waals surface area contributed by atoms with Crippen LogP contribution in [0.3, 0.4) is 0 Å². The number of alkyl halides is 3. The third-order valence-electron chi connectivity index (χ3n) is 4.11. The first-order chi connectivity index (χ1) is 9.61. The summed E-state index contributed by atoms with van der Waals surface area (Å²) in [5.41, 5.74) is 0. The van der Waals surface area contributed by atoms with Gasteiger partial charge in [-0.05, 0) is 31.6 Å².